The molecule has 0 unspecified atom stereocenters. The Kier molecular flexibility index (Phi) is 5.27. The monoisotopic (exact) mass is 357 g/mol. The maximum absolute atomic E-state index is 12.5. The fourth-order valence-corrected chi connectivity index (χ4v) is 3.58. The highest BCUT2D eigenvalue weighted by Crippen LogP contribution is 2.26. The molecule has 1 aliphatic rings. The molecule has 7 nitrogen and oxygen atoms in total. The van der Waals surface area contributed by atoms with E-state index in [2.05, 4.69) is 15.0 Å². The van der Waals surface area contributed by atoms with E-state index in [1.54, 1.807) is 22.8 Å². The van der Waals surface area contributed by atoms with Gasteiger partial charge in [-0.1, -0.05) is 6.07 Å². The fraction of sp³-hybridized carbons (Fsp3) is 0.526. The summed E-state index contributed by atoms with van der Waals surface area (Å²) in [4.78, 5) is 20.5. The molecule has 0 saturated carbocycles. The molecule has 0 aliphatic carbocycles. The molecule has 2 aromatic heterocycles. The number of aryl methyl sites for hydroxylation is 3. The minimum absolute atomic E-state index is 0.0398. The quantitative estimate of drug-likeness (QED) is 0.840. The first kappa shape index (κ1) is 18.4. The molecule has 1 fully saturated rings. The van der Waals surface area contributed by atoms with Gasteiger partial charge >= 0.3 is 0 Å². The van der Waals surface area contributed by atoms with E-state index in [1.165, 1.54) is 0 Å². The molecular weight excluding hydrogens is 330 g/mol. The Morgan fingerprint density at radius 3 is 2.88 bits per heavy atom. The van der Waals surface area contributed by atoms with Gasteiger partial charge in [-0.25, -0.2) is 4.98 Å². The molecule has 7 heteroatoms. The predicted molar refractivity (Wildman–Crippen MR) is 99.9 cm³/mol. The zero-order chi connectivity index (χ0) is 18.7. The van der Waals surface area contributed by atoms with Crippen molar-refractivity contribution in [3.8, 4) is 0 Å². The zero-order valence-corrected chi connectivity index (χ0v) is 15.7. The number of anilines is 1. The summed E-state index contributed by atoms with van der Waals surface area (Å²) in [5, 5.41) is 15.2. The number of hydrogen-bond donors (Lipinski definition) is 1. The van der Waals surface area contributed by atoms with E-state index < -0.39 is 5.60 Å². The lowest BCUT2D eigenvalue weighted by atomic mass is 10.0. The van der Waals surface area contributed by atoms with Crippen molar-refractivity contribution < 1.29 is 9.90 Å². The van der Waals surface area contributed by atoms with Crippen molar-refractivity contribution in [3.63, 3.8) is 0 Å². The number of aliphatic hydroxyl groups is 1. The van der Waals surface area contributed by atoms with Crippen LogP contribution in [0.2, 0.25) is 0 Å². The van der Waals surface area contributed by atoms with Crippen LogP contribution in [-0.4, -0.2) is 63.0 Å². The van der Waals surface area contributed by atoms with Gasteiger partial charge in [-0.2, -0.15) is 5.10 Å². The van der Waals surface area contributed by atoms with Gasteiger partial charge in [0.2, 0.25) is 5.91 Å². The van der Waals surface area contributed by atoms with Gasteiger partial charge in [0.15, 0.2) is 0 Å². The van der Waals surface area contributed by atoms with Crippen molar-refractivity contribution in [1.82, 2.24) is 19.7 Å². The van der Waals surface area contributed by atoms with Gasteiger partial charge in [0.25, 0.3) is 0 Å². The third-order valence-electron chi connectivity index (χ3n) is 4.99. The summed E-state index contributed by atoms with van der Waals surface area (Å²) >= 11 is 0. The molecule has 3 rings (SSSR count). The molecule has 0 spiro atoms. The maximum atomic E-state index is 12.5. The summed E-state index contributed by atoms with van der Waals surface area (Å²) in [6.45, 7) is 3.52. The van der Waals surface area contributed by atoms with Crippen molar-refractivity contribution in [2.24, 2.45) is 7.05 Å². The number of rotatable bonds is 6. The maximum Gasteiger partial charge on any atom is 0.222 e. The second-order valence-electron chi connectivity index (χ2n) is 7.25. The lowest BCUT2D eigenvalue weighted by Crippen LogP contribution is -2.46. The van der Waals surface area contributed by atoms with Gasteiger partial charge in [-0.3, -0.25) is 9.48 Å². The third-order valence-corrected chi connectivity index (χ3v) is 4.99. The van der Waals surface area contributed by atoms with Crippen LogP contribution in [0.1, 0.15) is 24.1 Å². The van der Waals surface area contributed by atoms with Gasteiger partial charge in [0, 0.05) is 46.0 Å². The molecule has 0 bridgehead atoms. The lowest BCUT2D eigenvalue weighted by Gasteiger charge is -2.29. The smallest absolute Gasteiger partial charge is 0.222 e. The highest BCUT2D eigenvalue weighted by atomic mass is 16.3. The van der Waals surface area contributed by atoms with Crippen LogP contribution >= 0.6 is 0 Å². The third kappa shape index (κ3) is 4.22. The summed E-state index contributed by atoms with van der Waals surface area (Å²) < 4.78 is 1.77. The Hall–Kier alpha value is -2.41. The molecule has 1 saturated heterocycles. The van der Waals surface area contributed by atoms with E-state index in [0.29, 0.717) is 32.4 Å². The first-order chi connectivity index (χ1) is 12.4. The van der Waals surface area contributed by atoms with Crippen LogP contribution in [0.25, 0.3) is 0 Å². The molecule has 3 heterocycles. The Morgan fingerprint density at radius 1 is 1.42 bits per heavy atom. The molecule has 0 aromatic carbocycles. The van der Waals surface area contributed by atoms with Gasteiger partial charge < -0.3 is 14.9 Å². The van der Waals surface area contributed by atoms with Crippen LogP contribution in [0.3, 0.4) is 0 Å². The number of likely N-dealkylation sites (N-methyl/N-ethyl adjacent to an activating group) is 1. The molecular formula is C19H27N5O2. The van der Waals surface area contributed by atoms with Crippen LogP contribution in [0.5, 0.6) is 0 Å². The van der Waals surface area contributed by atoms with Crippen LogP contribution < -0.4 is 4.90 Å². The van der Waals surface area contributed by atoms with Crippen molar-refractivity contribution in [2.45, 2.75) is 31.8 Å². The van der Waals surface area contributed by atoms with E-state index in [9.17, 15) is 9.90 Å². The van der Waals surface area contributed by atoms with E-state index in [1.807, 2.05) is 38.4 Å². The minimum Gasteiger partial charge on any atom is -0.386 e. The summed E-state index contributed by atoms with van der Waals surface area (Å²) in [6.07, 6.45) is 5.42. The predicted octanol–water partition coefficient (Wildman–Crippen LogP) is 1.16. The Balaban J connectivity index is 1.53. The zero-order valence-electron chi connectivity index (χ0n) is 15.7. The second kappa shape index (κ2) is 7.45. The van der Waals surface area contributed by atoms with E-state index in [4.69, 9.17) is 0 Å². The SMILES string of the molecule is Cc1nn(C)cc1CCC(=O)N(C)C[C@@]1(O)CCN(c2ccccn2)C1. The number of pyridine rings is 1. The number of carbonyl (C=O) groups excluding carboxylic acids is 1. The number of amides is 1. The highest BCUT2D eigenvalue weighted by molar-refractivity contribution is 5.76. The summed E-state index contributed by atoms with van der Waals surface area (Å²) in [7, 11) is 3.65. The lowest BCUT2D eigenvalue weighted by molar-refractivity contribution is -0.132. The molecule has 2 aromatic rings. The first-order valence-electron chi connectivity index (χ1n) is 8.98. The summed E-state index contributed by atoms with van der Waals surface area (Å²) in [5.41, 5.74) is 1.16. The number of carbonyl (C=O) groups is 1. The van der Waals surface area contributed by atoms with Crippen molar-refractivity contribution in [3.05, 3.63) is 41.9 Å². The molecule has 1 aliphatic heterocycles. The van der Waals surface area contributed by atoms with Crippen molar-refractivity contribution >= 4 is 11.7 Å². The molecule has 1 atom stereocenters. The number of hydrogen-bond acceptors (Lipinski definition) is 5. The topological polar surface area (TPSA) is 74.5 Å². The molecule has 26 heavy (non-hydrogen) atoms. The standard InChI is InChI=1S/C19H27N5O2/c1-15-16(12-23(3)21-15)7-8-18(25)22(2)13-19(26)9-11-24(14-19)17-6-4-5-10-20-17/h4-6,10,12,26H,7-9,11,13-14H2,1-3H3/t19-/m0/s1. The normalized spacial score (nSPS) is 19.8. The molecule has 1 N–H and O–H groups in total. The van der Waals surface area contributed by atoms with Gasteiger partial charge in [-0.05, 0) is 37.5 Å². The van der Waals surface area contributed by atoms with E-state index in [-0.39, 0.29) is 5.91 Å². The average Bonchev–Trinajstić information content (AvgIpc) is 3.15. The van der Waals surface area contributed by atoms with Crippen LogP contribution in [0, 0.1) is 6.92 Å². The summed E-state index contributed by atoms with van der Waals surface area (Å²) in [5.74, 6) is 0.905. The van der Waals surface area contributed by atoms with Crippen molar-refractivity contribution in [1.29, 1.82) is 0 Å². The fourth-order valence-electron chi connectivity index (χ4n) is 3.58. The van der Waals surface area contributed by atoms with Gasteiger partial charge in [-0.15, -0.1) is 0 Å². The summed E-state index contributed by atoms with van der Waals surface area (Å²) in [6, 6.07) is 5.76. The van der Waals surface area contributed by atoms with E-state index >= 15 is 0 Å². The van der Waals surface area contributed by atoms with Crippen LogP contribution in [-0.2, 0) is 18.3 Å². The Labute approximate surface area is 154 Å². The minimum atomic E-state index is -0.897. The number of aromatic nitrogens is 3. The Morgan fingerprint density at radius 2 is 2.23 bits per heavy atom. The second-order valence-corrected chi connectivity index (χ2v) is 7.25. The first-order valence-corrected chi connectivity index (χ1v) is 8.98. The number of nitrogens with zero attached hydrogens (tertiary/aromatic N) is 5. The van der Waals surface area contributed by atoms with Crippen LogP contribution in [0.15, 0.2) is 30.6 Å². The number of β-amino-alcohol motifs (C(OH)–C–C–N with tert-alkyl or cyclic N) is 1. The van der Waals surface area contributed by atoms with E-state index in [0.717, 1.165) is 23.6 Å². The molecule has 0 radical (unpaired) electrons. The van der Waals surface area contributed by atoms with Crippen LogP contribution in [0.4, 0.5) is 5.82 Å². The largest absolute Gasteiger partial charge is 0.386 e. The Bertz CT molecular complexity index is 761. The van der Waals surface area contributed by atoms with Crippen molar-refractivity contribution in [2.75, 3.05) is 31.6 Å². The molecule has 140 valence electrons. The highest BCUT2D eigenvalue weighted by Gasteiger charge is 2.38. The molecule has 1 amide bonds. The van der Waals surface area contributed by atoms with Gasteiger partial charge in [0.1, 0.15) is 11.4 Å². The van der Waals surface area contributed by atoms with Gasteiger partial charge in [0.05, 0.1) is 12.2 Å². The average molecular weight is 357 g/mol.